The monoisotopic (exact) mass is 515 g/mol. The zero-order chi connectivity index (χ0) is 28.3. The Balaban J connectivity index is 1.97. The highest BCUT2D eigenvalue weighted by Crippen LogP contribution is 2.59. The van der Waals surface area contributed by atoms with Gasteiger partial charge in [0.05, 0.1) is 5.69 Å². The summed E-state index contributed by atoms with van der Waals surface area (Å²) in [6, 6.07) is 2.51. The predicted octanol–water partition coefficient (Wildman–Crippen LogP) is 11.0. The first kappa shape index (κ1) is 29.4. The first-order chi connectivity index (χ1) is 17.4. The van der Waals surface area contributed by atoms with E-state index < -0.39 is 0 Å². The lowest BCUT2D eigenvalue weighted by molar-refractivity contribution is 0.223. The van der Waals surface area contributed by atoms with E-state index in [9.17, 15) is 0 Å². The number of hydrogen-bond donors (Lipinski definition) is 0. The molecule has 0 aromatic carbocycles. The first-order valence-electron chi connectivity index (χ1n) is 15.6. The molecule has 3 aliphatic carbocycles. The van der Waals surface area contributed by atoms with Crippen LogP contribution in [-0.4, -0.2) is 4.98 Å². The second-order valence-electron chi connectivity index (χ2n) is 16.3. The lowest BCUT2D eigenvalue weighted by Gasteiger charge is -2.49. The van der Waals surface area contributed by atoms with E-state index in [1.165, 1.54) is 60.9 Å². The smallest absolute Gasteiger partial charge is 0.0668 e. The van der Waals surface area contributed by atoms with E-state index in [1.807, 2.05) is 0 Å². The maximum absolute atomic E-state index is 5.30. The quantitative estimate of drug-likeness (QED) is 0.343. The summed E-state index contributed by atoms with van der Waals surface area (Å²) in [5.41, 5.74) is 9.97. The fourth-order valence-corrected chi connectivity index (χ4v) is 7.69. The number of fused-ring (bicyclic) bond motifs is 1. The Morgan fingerprint density at radius 1 is 0.895 bits per heavy atom. The number of nitrogens with zero attached hydrogens (tertiary/aromatic N) is 1. The average Bonchev–Trinajstić information content (AvgIpc) is 2.83. The van der Waals surface area contributed by atoms with E-state index in [0.29, 0.717) is 11.8 Å². The molecule has 4 rings (SSSR count). The number of hydrogen-bond acceptors (Lipinski definition) is 1. The van der Waals surface area contributed by atoms with E-state index in [4.69, 9.17) is 4.98 Å². The van der Waals surface area contributed by atoms with Gasteiger partial charge in [-0.05, 0) is 106 Å². The molecule has 0 saturated heterocycles. The van der Waals surface area contributed by atoms with Crippen molar-refractivity contribution in [2.45, 2.75) is 139 Å². The third-order valence-corrected chi connectivity index (χ3v) is 10.8. The van der Waals surface area contributed by atoms with Crippen molar-refractivity contribution in [3.05, 3.63) is 58.5 Å². The van der Waals surface area contributed by atoms with Crippen molar-refractivity contribution in [3.63, 3.8) is 0 Å². The molecule has 210 valence electrons. The van der Waals surface area contributed by atoms with Gasteiger partial charge in [-0.1, -0.05) is 113 Å². The van der Waals surface area contributed by atoms with Crippen LogP contribution < -0.4 is 0 Å². The summed E-state index contributed by atoms with van der Waals surface area (Å²) in [7, 11) is 0. The van der Waals surface area contributed by atoms with E-state index in [1.54, 1.807) is 11.1 Å². The largest absolute Gasteiger partial charge is 0.256 e. The van der Waals surface area contributed by atoms with Crippen LogP contribution in [0.4, 0.5) is 0 Å². The Bertz CT molecular complexity index is 1150. The standard InChI is InChI=1S/C37H57N/c1-13-15-37(12,16-14-25(2)3)27-22-29-28(33(4,5)17-18-34(29,6)7)21-26(27)32-23-30-31(24-38-32)36(10,11)20-19-35(30,8)9/h14,16,21,23-25,27H,13,15,17-20,22H2,1-12H3. The van der Waals surface area contributed by atoms with Gasteiger partial charge in [0.1, 0.15) is 0 Å². The van der Waals surface area contributed by atoms with Gasteiger partial charge in [-0.25, -0.2) is 0 Å². The molecule has 1 heterocycles. The van der Waals surface area contributed by atoms with Crippen LogP contribution in [0.1, 0.15) is 145 Å². The first-order valence-corrected chi connectivity index (χ1v) is 15.6. The van der Waals surface area contributed by atoms with Crippen molar-refractivity contribution in [2.24, 2.45) is 28.1 Å². The minimum absolute atomic E-state index is 0.105. The van der Waals surface area contributed by atoms with Gasteiger partial charge in [-0.3, -0.25) is 4.98 Å². The van der Waals surface area contributed by atoms with Crippen molar-refractivity contribution in [1.82, 2.24) is 4.98 Å². The van der Waals surface area contributed by atoms with Crippen molar-refractivity contribution in [2.75, 3.05) is 0 Å². The van der Waals surface area contributed by atoms with Gasteiger partial charge in [-0.15, -0.1) is 0 Å². The normalized spacial score (nSPS) is 27.1. The molecule has 0 radical (unpaired) electrons. The van der Waals surface area contributed by atoms with Crippen LogP contribution in [0.3, 0.4) is 0 Å². The Labute approximate surface area is 235 Å². The van der Waals surface area contributed by atoms with Gasteiger partial charge in [0.15, 0.2) is 0 Å². The molecule has 2 atom stereocenters. The molecule has 1 heteroatoms. The molecule has 0 bridgehead atoms. The van der Waals surface area contributed by atoms with E-state index >= 15 is 0 Å². The third kappa shape index (κ3) is 5.25. The second kappa shape index (κ2) is 9.78. The second-order valence-corrected chi connectivity index (χ2v) is 16.3. The number of aromatic nitrogens is 1. The lowest BCUT2D eigenvalue weighted by atomic mass is 9.55. The minimum atomic E-state index is 0.105. The Morgan fingerprint density at radius 3 is 2.08 bits per heavy atom. The molecule has 3 aliphatic rings. The molecule has 38 heavy (non-hydrogen) atoms. The van der Waals surface area contributed by atoms with Crippen LogP contribution in [-0.2, 0) is 10.8 Å². The van der Waals surface area contributed by atoms with E-state index in [-0.39, 0.29) is 27.1 Å². The van der Waals surface area contributed by atoms with Gasteiger partial charge in [-0.2, -0.15) is 0 Å². The molecule has 0 amide bonds. The Kier molecular flexibility index (Phi) is 7.55. The summed E-state index contributed by atoms with van der Waals surface area (Å²) in [6.07, 6.45) is 18.5. The van der Waals surface area contributed by atoms with Gasteiger partial charge < -0.3 is 0 Å². The fraction of sp³-hybridized carbons (Fsp3) is 0.703. The summed E-state index contributed by atoms with van der Waals surface area (Å²) in [5.74, 6) is 1.00. The van der Waals surface area contributed by atoms with Gasteiger partial charge >= 0.3 is 0 Å². The van der Waals surface area contributed by atoms with Crippen molar-refractivity contribution >= 4 is 5.57 Å². The van der Waals surface area contributed by atoms with Crippen LogP contribution in [0.15, 0.2) is 41.6 Å². The summed E-state index contributed by atoms with van der Waals surface area (Å²) in [4.78, 5) is 5.30. The van der Waals surface area contributed by atoms with E-state index in [0.717, 1.165) is 6.42 Å². The molecule has 0 spiro atoms. The molecule has 1 aromatic heterocycles. The predicted molar refractivity (Wildman–Crippen MR) is 166 cm³/mol. The van der Waals surface area contributed by atoms with Gasteiger partial charge in [0.2, 0.25) is 0 Å². The summed E-state index contributed by atoms with van der Waals surface area (Å²) in [6.45, 7) is 29.1. The summed E-state index contributed by atoms with van der Waals surface area (Å²) >= 11 is 0. The Hall–Kier alpha value is -1.63. The summed E-state index contributed by atoms with van der Waals surface area (Å²) < 4.78 is 0. The molecule has 2 unspecified atom stereocenters. The number of pyridine rings is 1. The number of allylic oxidation sites excluding steroid dienone is 6. The molecule has 1 nitrogen and oxygen atoms in total. The van der Waals surface area contributed by atoms with Crippen LogP contribution in [0.2, 0.25) is 0 Å². The molecule has 0 fully saturated rings. The van der Waals surface area contributed by atoms with Crippen LogP contribution in [0, 0.1) is 28.1 Å². The molecule has 0 N–H and O–H groups in total. The molecule has 1 aromatic rings. The molecule has 0 aliphatic heterocycles. The minimum Gasteiger partial charge on any atom is -0.256 e. The third-order valence-electron chi connectivity index (χ3n) is 10.8. The maximum Gasteiger partial charge on any atom is 0.0668 e. The number of rotatable bonds is 6. The topological polar surface area (TPSA) is 12.9 Å². The van der Waals surface area contributed by atoms with Gasteiger partial charge in [0, 0.05) is 6.20 Å². The van der Waals surface area contributed by atoms with E-state index in [2.05, 4.69) is 114 Å². The average molecular weight is 516 g/mol. The molecular formula is C37H57N. The SMILES string of the molecule is CCCC(C)(C=CC(C)C)C1CC2=C(C=C1c1cc3c(cn1)C(C)(C)CCC3(C)C)C(C)(C)CCC2(C)C. The van der Waals surface area contributed by atoms with Crippen molar-refractivity contribution in [1.29, 1.82) is 0 Å². The molecular weight excluding hydrogens is 458 g/mol. The van der Waals surface area contributed by atoms with Crippen LogP contribution in [0.5, 0.6) is 0 Å². The Morgan fingerprint density at radius 2 is 1.47 bits per heavy atom. The van der Waals surface area contributed by atoms with Crippen molar-refractivity contribution < 1.29 is 0 Å². The lowest BCUT2D eigenvalue weighted by Crippen LogP contribution is -2.38. The highest BCUT2D eigenvalue weighted by molar-refractivity contribution is 5.73. The van der Waals surface area contributed by atoms with Crippen molar-refractivity contribution in [3.8, 4) is 0 Å². The maximum atomic E-state index is 5.30. The zero-order valence-electron chi connectivity index (χ0n) is 26.9. The van der Waals surface area contributed by atoms with Crippen LogP contribution in [0.25, 0.3) is 5.57 Å². The van der Waals surface area contributed by atoms with Gasteiger partial charge in [0.25, 0.3) is 0 Å². The highest BCUT2D eigenvalue weighted by Gasteiger charge is 2.46. The molecule has 0 saturated carbocycles. The summed E-state index contributed by atoms with van der Waals surface area (Å²) in [5, 5.41) is 0. The van der Waals surface area contributed by atoms with Crippen LogP contribution >= 0.6 is 0 Å². The fourth-order valence-electron chi connectivity index (χ4n) is 7.69. The highest BCUT2D eigenvalue weighted by atomic mass is 14.7. The zero-order valence-corrected chi connectivity index (χ0v) is 26.9.